The third-order valence-electron chi connectivity index (χ3n) is 5.94. The molecule has 1 N–H and O–H groups in total. The summed E-state index contributed by atoms with van der Waals surface area (Å²) in [6, 6.07) is 12.0. The number of anilines is 1. The van der Waals surface area contributed by atoms with Gasteiger partial charge in [-0.1, -0.05) is 29.8 Å². The molecule has 9 nitrogen and oxygen atoms in total. The number of sulfonamides is 1. The summed E-state index contributed by atoms with van der Waals surface area (Å²) in [5, 5.41) is 2.94. The van der Waals surface area contributed by atoms with Gasteiger partial charge in [0, 0.05) is 31.1 Å². The maximum Gasteiger partial charge on any atom is 0.242 e. The normalized spacial score (nSPS) is 13.7. The zero-order chi connectivity index (χ0) is 27.4. The number of nitrogens with zero attached hydrogens (tertiary/aromatic N) is 2. The Morgan fingerprint density at radius 3 is 2.32 bits per heavy atom. The van der Waals surface area contributed by atoms with Crippen LogP contribution in [-0.2, 0) is 26.2 Å². The number of benzene rings is 2. The first-order valence-electron chi connectivity index (χ1n) is 12.3. The SMILES string of the molecule is Cc1ccc(CN(C(=O)CCCN(c2ccc3c(c2)OCO3)S(C)(=O)=O)C(C)C(=O)NC(C)(C)C)cc1. The van der Waals surface area contributed by atoms with Crippen LogP contribution in [0.2, 0.25) is 0 Å². The Morgan fingerprint density at radius 1 is 1.05 bits per heavy atom. The van der Waals surface area contributed by atoms with E-state index in [9.17, 15) is 18.0 Å². The standard InChI is InChI=1S/C27H37N3O6S/c1-19-9-11-21(12-10-19)17-29(20(2)26(32)28-27(3,4)5)25(31)8-7-15-30(37(6,33)34)22-13-14-23-24(16-22)36-18-35-23/h9-14,16,20H,7-8,15,17-18H2,1-6H3,(H,28,32). The molecule has 2 aromatic carbocycles. The molecule has 0 fully saturated rings. The Hall–Kier alpha value is -3.27. The fraction of sp³-hybridized carbons (Fsp3) is 0.481. The number of hydrogen-bond donors (Lipinski definition) is 1. The first-order chi connectivity index (χ1) is 17.2. The van der Waals surface area contributed by atoms with Crippen molar-refractivity contribution in [3.63, 3.8) is 0 Å². The number of rotatable bonds is 10. The van der Waals surface area contributed by atoms with Gasteiger partial charge in [0.1, 0.15) is 6.04 Å². The van der Waals surface area contributed by atoms with Crippen molar-refractivity contribution >= 4 is 27.5 Å². The lowest BCUT2D eigenvalue weighted by atomic mass is 10.1. The van der Waals surface area contributed by atoms with Crippen molar-refractivity contribution in [3.8, 4) is 11.5 Å². The molecule has 0 saturated carbocycles. The highest BCUT2D eigenvalue weighted by molar-refractivity contribution is 7.92. The Labute approximate surface area is 219 Å². The highest BCUT2D eigenvalue weighted by Crippen LogP contribution is 2.36. The molecule has 3 rings (SSSR count). The lowest BCUT2D eigenvalue weighted by Gasteiger charge is -2.32. The third kappa shape index (κ3) is 7.85. The molecule has 0 bridgehead atoms. The molecule has 1 unspecified atom stereocenters. The molecular formula is C27H37N3O6S. The molecule has 202 valence electrons. The molecule has 0 aromatic heterocycles. The van der Waals surface area contributed by atoms with Crippen LogP contribution in [0.4, 0.5) is 5.69 Å². The van der Waals surface area contributed by atoms with Crippen LogP contribution >= 0.6 is 0 Å². The van der Waals surface area contributed by atoms with Gasteiger partial charge in [-0.2, -0.15) is 0 Å². The molecule has 0 aliphatic carbocycles. The second kappa shape index (κ2) is 11.4. The predicted molar refractivity (Wildman–Crippen MR) is 143 cm³/mol. The number of hydrogen-bond acceptors (Lipinski definition) is 6. The van der Waals surface area contributed by atoms with Crippen molar-refractivity contribution in [2.75, 3.05) is 23.9 Å². The second-order valence-electron chi connectivity index (χ2n) is 10.4. The van der Waals surface area contributed by atoms with E-state index in [-0.39, 0.29) is 44.5 Å². The first kappa shape index (κ1) is 28.3. The second-order valence-corrected chi connectivity index (χ2v) is 12.3. The molecule has 0 radical (unpaired) electrons. The quantitative estimate of drug-likeness (QED) is 0.502. The average Bonchev–Trinajstić information content (AvgIpc) is 3.27. The summed E-state index contributed by atoms with van der Waals surface area (Å²) >= 11 is 0. The van der Waals surface area contributed by atoms with E-state index in [0.29, 0.717) is 17.2 Å². The summed E-state index contributed by atoms with van der Waals surface area (Å²) < 4.78 is 37.0. The molecule has 1 aliphatic rings. The molecule has 10 heteroatoms. The summed E-state index contributed by atoms with van der Waals surface area (Å²) in [6.45, 7) is 9.83. The van der Waals surface area contributed by atoms with Gasteiger partial charge in [0.2, 0.25) is 28.6 Å². The van der Waals surface area contributed by atoms with Gasteiger partial charge in [0.25, 0.3) is 0 Å². The monoisotopic (exact) mass is 531 g/mol. The van der Waals surface area contributed by atoms with Gasteiger partial charge in [-0.3, -0.25) is 13.9 Å². The predicted octanol–water partition coefficient (Wildman–Crippen LogP) is 3.60. The van der Waals surface area contributed by atoms with Crippen LogP contribution in [0.15, 0.2) is 42.5 Å². The Morgan fingerprint density at radius 2 is 1.70 bits per heavy atom. The van der Waals surface area contributed by atoms with E-state index < -0.39 is 21.6 Å². The van der Waals surface area contributed by atoms with Gasteiger partial charge >= 0.3 is 0 Å². The van der Waals surface area contributed by atoms with Crippen LogP contribution in [0.3, 0.4) is 0 Å². The molecular weight excluding hydrogens is 494 g/mol. The van der Waals surface area contributed by atoms with E-state index >= 15 is 0 Å². The number of aryl methyl sites for hydroxylation is 1. The maximum absolute atomic E-state index is 13.4. The summed E-state index contributed by atoms with van der Waals surface area (Å²) in [5.41, 5.74) is 2.01. The van der Waals surface area contributed by atoms with Crippen LogP contribution in [-0.4, -0.2) is 56.3 Å². The van der Waals surface area contributed by atoms with E-state index in [1.165, 1.54) is 4.31 Å². The summed E-state index contributed by atoms with van der Waals surface area (Å²) in [4.78, 5) is 27.9. The summed E-state index contributed by atoms with van der Waals surface area (Å²) in [6.07, 6.45) is 1.48. The van der Waals surface area contributed by atoms with Crippen LogP contribution in [0.25, 0.3) is 0 Å². The minimum atomic E-state index is -3.61. The van der Waals surface area contributed by atoms with Crippen LogP contribution in [0, 0.1) is 6.92 Å². The first-order valence-corrected chi connectivity index (χ1v) is 14.1. The lowest BCUT2D eigenvalue weighted by Crippen LogP contribution is -2.52. The molecule has 2 amide bonds. The third-order valence-corrected chi connectivity index (χ3v) is 7.13. The molecule has 2 aromatic rings. The number of carbonyl (C=O) groups excluding carboxylic acids is 2. The topological polar surface area (TPSA) is 105 Å². The van der Waals surface area contributed by atoms with E-state index in [4.69, 9.17) is 9.47 Å². The Kier molecular flexibility index (Phi) is 8.73. The Balaban J connectivity index is 1.74. The van der Waals surface area contributed by atoms with Crippen LogP contribution in [0.5, 0.6) is 11.5 Å². The van der Waals surface area contributed by atoms with Crippen molar-refractivity contribution in [2.24, 2.45) is 0 Å². The summed E-state index contributed by atoms with van der Waals surface area (Å²) in [7, 11) is -3.61. The van der Waals surface area contributed by atoms with Crippen molar-refractivity contribution in [3.05, 3.63) is 53.6 Å². The molecule has 1 aliphatic heterocycles. The number of ether oxygens (including phenoxy) is 2. The van der Waals surface area contributed by atoms with Gasteiger partial charge in [-0.15, -0.1) is 0 Å². The van der Waals surface area contributed by atoms with Crippen molar-refractivity contribution in [2.45, 2.75) is 65.6 Å². The van der Waals surface area contributed by atoms with Crippen molar-refractivity contribution in [1.29, 1.82) is 0 Å². The minimum Gasteiger partial charge on any atom is -0.454 e. The van der Waals surface area contributed by atoms with Gasteiger partial charge < -0.3 is 19.7 Å². The molecule has 0 spiro atoms. The highest BCUT2D eigenvalue weighted by atomic mass is 32.2. The average molecular weight is 532 g/mol. The fourth-order valence-electron chi connectivity index (χ4n) is 3.99. The van der Waals surface area contributed by atoms with E-state index in [1.807, 2.05) is 52.0 Å². The zero-order valence-electron chi connectivity index (χ0n) is 22.4. The molecule has 37 heavy (non-hydrogen) atoms. The van der Waals surface area contributed by atoms with Gasteiger partial charge in [0.15, 0.2) is 11.5 Å². The number of nitrogens with one attached hydrogen (secondary N) is 1. The van der Waals surface area contributed by atoms with Gasteiger partial charge in [-0.25, -0.2) is 8.42 Å². The number of amides is 2. The highest BCUT2D eigenvalue weighted by Gasteiger charge is 2.29. The van der Waals surface area contributed by atoms with Crippen molar-refractivity contribution < 1.29 is 27.5 Å². The number of carbonyl (C=O) groups is 2. The molecule has 1 atom stereocenters. The van der Waals surface area contributed by atoms with E-state index in [1.54, 1.807) is 30.0 Å². The molecule has 1 heterocycles. The van der Waals surface area contributed by atoms with E-state index in [2.05, 4.69) is 5.32 Å². The smallest absolute Gasteiger partial charge is 0.242 e. The fourth-order valence-corrected chi connectivity index (χ4v) is 4.95. The largest absolute Gasteiger partial charge is 0.454 e. The molecule has 0 saturated heterocycles. The van der Waals surface area contributed by atoms with Crippen LogP contribution < -0.4 is 19.1 Å². The minimum absolute atomic E-state index is 0.0789. The van der Waals surface area contributed by atoms with E-state index in [0.717, 1.165) is 17.4 Å². The van der Waals surface area contributed by atoms with Gasteiger partial charge in [0.05, 0.1) is 11.9 Å². The van der Waals surface area contributed by atoms with Gasteiger partial charge in [-0.05, 0) is 58.7 Å². The van der Waals surface area contributed by atoms with Crippen molar-refractivity contribution in [1.82, 2.24) is 10.2 Å². The summed E-state index contributed by atoms with van der Waals surface area (Å²) in [5.74, 6) is 0.564. The zero-order valence-corrected chi connectivity index (χ0v) is 23.2. The number of fused-ring (bicyclic) bond motifs is 1. The maximum atomic E-state index is 13.4. The van der Waals surface area contributed by atoms with Crippen LogP contribution in [0.1, 0.15) is 51.7 Å². The Bertz CT molecular complexity index is 1220. The lowest BCUT2D eigenvalue weighted by molar-refractivity contribution is -0.141.